The van der Waals surface area contributed by atoms with Gasteiger partial charge in [-0.2, -0.15) is 12.6 Å². The quantitative estimate of drug-likeness (QED) is 0.674. The Bertz CT molecular complexity index is 130. The van der Waals surface area contributed by atoms with Gasteiger partial charge in [0, 0.05) is 0 Å². The highest BCUT2D eigenvalue weighted by atomic mass is 32.1. The van der Waals surface area contributed by atoms with E-state index >= 15 is 0 Å². The van der Waals surface area contributed by atoms with Crippen molar-refractivity contribution in [1.82, 2.24) is 0 Å². The minimum atomic E-state index is 0.557. The van der Waals surface area contributed by atoms with Gasteiger partial charge < -0.3 is 4.74 Å². The average Bonchev–Trinajstić information content (AvgIpc) is 2.57. The van der Waals surface area contributed by atoms with E-state index < -0.39 is 0 Å². The molecule has 0 heterocycles. The van der Waals surface area contributed by atoms with E-state index in [1.54, 1.807) is 0 Å². The lowest BCUT2D eigenvalue weighted by molar-refractivity contribution is 0.0288. The zero-order valence-electron chi connectivity index (χ0n) is 8.83. The first kappa shape index (κ1) is 11.4. The van der Waals surface area contributed by atoms with Crippen LogP contribution in [0.25, 0.3) is 0 Å². The van der Waals surface area contributed by atoms with Crippen LogP contribution >= 0.6 is 12.6 Å². The van der Waals surface area contributed by atoms with E-state index in [-0.39, 0.29) is 0 Å². The molecule has 13 heavy (non-hydrogen) atoms. The Morgan fingerprint density at radius 1 is 1.31 bits per heavy atom. The third-order valence-corrected chi connectivity index (χ3v) is 3.49. The molecule has 0 aromatic heterocycles. The fraction of sp³-hybridized carbons (Fsp3) is 1.00. The van der Waals surface area contributed by atoms with Crippen LogP contribution in [0.2, 0.25) is 0 Å². The molecule has 0 bridgehead atoms. The van der Waals surface area contributed by atoms with Crippen LogP contribution in [0.4, 0.5) is 0 Å². The average molecular weight is 202 g/mol. The Morgan fingerprint density at radius 3 is 2.38 bits per heavy atom. The normalized spacial score (nSPS) is 21.2. The summed E-state index contributed by atoms with van der Waals surface area (Å²) in [5, 5.41) is 0. The van der Waals surface area contributed by atoms with Crippen LogP contribution in [-0.2, 0) is 4.74 Å². The van der Waals surface area contributed by atoms with Gasteiger partial charge in [0.15, 0.2) is 0 Å². The van der Waals surface area contributed by atoms with Crippen LogP contribution in [0, 0.1) is 11.8 Å². The number of hydrogen-bond acceptors (Lipinski definition) is 2. The molecule has 2 heteroatoms. The second kappa shape index (κ2) is 5.92. The summed E-state index contributed by atoms with van der Waals surface area (Å²) in [7, 11) is 0. The van der Waals surface area contributed by atoms with Gasteiger partial charge in [-0.15, -0.1) is 0 Å². The summed E-state index contributed by atoms with van der Waals surface area (Å²) < 4.78 is 5.87. The maximum atomic E-state index is 5.87. The number of ether oxygens (including phenoxy) is 1. The third kappa shape index (κ3) is 3.90. The summed E-state index contributed by atoms with van der Waals surface area (Å²) >= 11 is 4.35. The zero-order valence-corrected chi connectivity index (χ0v) is 9.72. The van der Waals surface area contributed by atoms with Gasteiger partial charge in [-0.3, -0.25) is 0 Å². The Morgan fingerprint density at radius 2 is 1.92 bits per heavy atom. The highest BCUT2D eigenvalue weighted by Gasteiger charge is 2.18. The van der Waals surface area contributed by atoms with E-state index in [0.29, 0.717) is 17.9 Å². The summed E-state index contributed by atoms with van der Waals surface area (Å²) in [4.78, 5) is 0. The molecule has 0 radical (unpaired) electrons. The summed E-state index contributed by atoms with van der Waals surface area (Å²) in [5.41, 5.74) is 0. The molecular weight excluding hydrogens is 180 g/mol. The van der Waals surface area contributed by atoms with Crippen LogP contribution in [0.5, 0.6) is 0 Å². The SMILES string of the molecule is CC(C)C(CS)COC1CCCC1. The topological polar surface area (TPSA) is 9.23 Å². The predicted molar refractivity (Wildman–Crippen MR) is 60.4 cm³/mol. The molecule has 1 aliphatic rings. The fourth-order valence-electron chi connectivity index (χ4n) is 1.77. The maximum absolute atomic E-state index is 5.87. The lowest BCUT2D eigenvalue weighted by atomic mass is 9.99. The lowest BCUT2D eigenvalue weighted by Crippen LogP contribution is -2.21. The van der Waals surface area contributed by atoms with Crippen molar-refractivity contribution in [1.29, 1.82) is 0 Å². The van der Waals surface area contributed by atoms with Gasteiger partial charge in [0.25, 0.3) is 0 Å². The van der Waals surface area contributed by atoms with Gasteiger partial charge in [0.05, 0.1) is 12.7 Å². The predicted octanol–water partition coefficient (Wildman–Crippen LogP) is 3.15. The van der Waals surface area contributed by atoms with Crippen LogP contribution in [0.3, 0.4) is 0 Å². The molecule has 1 rings (SSSR count). The molecule has 0 aliphatic heterocycles. The smallest absolute Gasteiger partial charge is 0.0575 e. The van der Waals surface area contributed by atoms with Gasteiger partial charge in [0.1, 0.15) is 0 Å². The Balaban J connectivity index is 2.15. The molecule has 0 amide bonds. The zero-order chi connectivity index (χ0) is 9.68. The molecule has 0 saturated heterocycles. The molecule has 1 aliphatic carbocycles. The summed E-state index contributed by atoms with van der Waals surface area (Å²) in [6, 6.07) is 0. The Kier molecular flexibility index (Phi) is 5.18. The molecular formula is C11H22OS. The van der Waals surface area contributed by atoms with E-state index in [4.69, 9.17) is 4.74 Å². The van der Waals surface area contributed by atoms with Gasteiger partial charge in [0.2, 0.25) is 0 Å². The van der Waals surface area contributed by atoms with Crippen molar-refractivity contribution in [2.45, 2.75) is 45.6 Å². The molecule has 0 spiro atoms. The molecule has 1 atom stereocenters. The van der Waals surface area contributed by atoms with Gasteiger partial charge in [-0.25, -0.2) is 0 Å². The van der Waals surface area contributed by atoms with E-state index in [2.05, 4.69) is 26.5 Å². The summed E-state index contributed by atoms with van der Waals surface area (Å²) in [6.07, 6.45) is 5.83. The van der Waals surface area contributed by atoms with E-state index in [0.717, 1.165) is 12.4 Å². The van der Waals surface area contributed by atoms with Crippen LogP contribution < -0.4 is 0 Å². The van der Waals surface area contributed by atoms with Crippen LogP contribution in [0.15, 0.2) is 0 Å². The molecule has 1 nitrogen and oxygen atoms in total. The number of rotatable bonds is 5. The largest absolute Gasteiger partial charge is 0.378 e. The molecule has 1 unspecified atom stereocenters. The lowest BCUT2D eigenvalue weighted by Gasteiger charge is -2.21. The van der Waals surface area contributed by atoms with E-state index in [9.17, 15) is 0 Å². The van der Waals surface area contributed by atoms with Crippen LogP contribution in [-0.4, -0.2) is 18.5 Å². The molecule has 0 aromatic carbocycles. The maximum Gasteiger partial charge on any atom is 0.0575 e. The number of hydrogen-bond donors (Lipinski definition) is 1. The van der Waals surface area contributed by atoms with Crippen molar-refractivity contribution >= 4 is 12.6 Å². The minimum absolute atomic E-state index is 0.557. The van der Waals surface area contributed by atoms with Crippen molar-refractivity contribution < 1.29 is 4.74 Å². The molecule has 1 saturated carbocycles. The highest BCUT2D eigenvalue weighted by molar-refractivity contribution is 7.80. The van der Waals surface area contributed by atoms with Crippen molar-refractivity contribution in [2.24, 2.45) is 11.8 Å². The fourth-order valence-corrected chi connectivity index (χ4v) is 2.30. The molecule has 0 N–H and O–H groups in total. The molecule has 78 valence electrons. The first-order valence-electron chi connectivity index (χ1n) is 5.46. The van der Waals surface area contributed by atoms with Crippen LogP contribution in [0.1, 0.15) is 39.5 Å². The van der Waals surface area contributed by atoms with Crippen molar-refractivity contribution in [3.63, 3.8) is 0 Å². The summed E-state index contributed by atoms with van der Waals surface area (Å²) in [5.74, 6) is 2.27. The standard InChI is InChI=1S/C11H22OS/c1-9(2)10(8-13)7-12-11-5-3-4-6-11/h9-11,13H,3-8H2,1-2H3. The Hall–Kier alpha value is 0.310. The molecule has 0 aromatic rings. The minimum Gasteiger partial charge on any atom is -0.378 e. The van der Waals surface area contributed by atoms with Gasteiger partial charge in [-0.05, 0) is 30.4 Å². The van der Waals surface area contributed by atoms with Crippen molar-refractivity contribution in [3.8, 4) is 0 Å². The monoisotopic (exact) mass is 202 g/mol. The van der Waals surface area contributed by atoms with E-state index in [1.807, 2.05) is 0 Å². The number of thiol groups is 1. The van der Waals surface area contributed by atoms with Gasteiger partial charge >= 0.3 is 0 Å². The van der Waals surface area contributed by atoms with Crippen molar-refractivity contribution in [2.75, 3.05) is 12.4 Å². The summed E-state index contributed by atoms with van der Waals surface area (Å²) in [6.45, 7) is 5.41. The highest BCUT2D eigenvalue weighted by Crippen LogP contribution is 2.23. The Labute approximate surface area is 87.7 Å². The van der Waals surface area contributed by atoms with Crippen molar-refractivity contribution in [3.05, 3.63) is 0 Å². The van der Waals surface area contributed by atoms with Gasteiger partial charge in [-0.1, -0.05) is 26.7 Å². The second-order valence-electron chi connectivity index (χ2n) is 4.43. The van der Waals surface area contributed by atoms with E-state index in [1.165, 1.54) is 25.7 Å². The first-order valence-corrected chi connectivity index (χ1v) is 6.09. The molecule has 1 fully saturated rings. The second-order valence-corrected chi connectivity index (χ2v) is 4.79. The first-order chi connectivity index (χ1) is 6.24. The third-order valence-electron chi connectivity index (χ3n) is 3.03.